The first-order valence-electron chi connectivity index (χ1n) is 10.7. The molecule has 0 spiro atoms. The zero-order chi connectivity index (χ0) is 20.2. The Labute approximate surface area is 170 Å². The maximum atomic E-state index is 13.7. The van der Waals surface area contributed by atoms with Crippen LogP contribution in [-0.4, -0.2) is 18.2 Å². The number of aryl methyl sites for hydroxylation is 1. The summed E-state index contributed by atoms with van der Waals surface area (Å²) in [5, 5.41) is 3.12. The van der Waals surface area contributed by atoms with Gasteiger partial charge in [0.1, 0.15) is 0 Å². The van der Waals surface area contributed by atoms with Crippen LogP contribution >= 0.6 is 0 Å². The largest absolute Gasteiger partial charge is 0.416 e. The fourth-order valence-electron chi connectivity index (χ4n) is 5.42. The van der Waals surface area contributed by atoms with Crippen molar-refractivity contribution in [2.45, 2.75) is 63.6 Å². The van der Waals surface area contributed by atoms with E-state index in [2.05, 4.69) is 30.4 Å². The second-order valence-electron chi connectivity index (χ2n) is 8.96. The van der Waals surface area contributed by atoms with Crippen LogP contribution < -0.4 is 5.32 Å². The molecule has 1 N–H and O–H groups in total. The molecule has 1 fully saturated rings. The molecule has 2 unspecified atom stereocenters. The van der Waals surface area contributed by atoms with E-state index in [9.17, 15) is 13.2 Å². The molecule has 29 heavy (non-hydrogen) atoms. The number of nitrogens with zero attached hydrogens (tertiary/aromatic N) is 1. The van der Waals surface area contributed by atoms with Gasteiger partial charge in [0.25, 0.3) is 0 Å². The summed E-state index contributed by atoms with van der Waals surface area (Å²) >= 11 is 0. The minimum atomic E-state index is -4.29. The van der Waals surface area contributed by atoms with Crippen molar-refractivity contribution in [3.05, 3.63) is 69.3 Å². The highest BCUT2D eigenvalue weighted by Gasteiger charge is 2.37. The summed E-state index contributed by atoms with van der Waals surface area (Å²) in [6.07, 6.45) is 0.689. The number of benzene rings is 2. The summed E-state index contributed by atoms with van der Waals surface area (Å²) in [6, 6.07) is 9.92. The third-order valence-corrected chi connectivity index (χ3v) is 7.08. The lowest BCUT2D eigenvalue weighted by atomic mass is 9.89. The average Bonchev–Trinajstić information content (AvgIpc) is 3.21. The SMILES string of the molecule is CC1CCc2cc(CC3CCc4c3ccc(C(F)(F)F)c4CN3CNC3)ccc21. The first-order valence-corrected chi connectivity index (χ1v) is 10.7. The molecule has 0 bridgehead atoms. The topological polar surface area (TPSA) is 15.3 Å². The van der Waals surface area contributed by atoms with Crippen LogP contribution in [0.5, 0.6) is 0 Å². The van der Waals surface area contributed by atoms with E-state index in [1.165, 1.54) is 29.2 Å². The van der Waals surface area contributed by atoms with Crippen LogP contribution in [0.15, 0.2) is 30.3 Å². The molecular weight excluding hydrogens is 373 g/mol. The number of nitrogens with one attached hydrogen (secondary N) is 1. The van der Waals surface area contributed by atoms with Crippen LogP contribution in [0.1, 0.15) is 70.5 Å². The molecule has 1 saturated heterocycles. The molecule has 2 nitrogen and oxygen atoms in total. The van der Waals surface area contributed by atoms with Gasteiger partial charge in [-0.25, -0.2) is 0 Å². The van der Waals surface area contributed by atoms with E-state index >= 15 is 0 Å². The molecule has 0 aromatic heterocycles. The Bertz CT molecular complexity index is 930. The number of rotatable bonds is 4. The van der Waals surface area contributed by atoms with Gasteiger partial charge in [-0.3, -0.25) is 10.2 Å². The van der Waals surface area contributed by atoms with Gasteiger partial charge < -0.3 is 0 Å². The zero-order valence-corrected chi connectivity index (χ0v) is 16.8. The first kappa shape index (κ1) is 19.1. The lowest BCUT2D eigenvalue weighted by Gasteiger charge is -2.33. The van der Waals surface area contributed by atoms with Gasteiger partial charge in [0.2, 0.25) is 0 Å². The third kappa shape index (κ3) is 3.49. The maximum absolute atomic E-state index is 13.7. The molecule has 2 aliphatic carbocycles. The molecule has 2 atom stereocenters. The van der Waals surface area contributed by atoms with E-state index < -0.39 is 11.7 Å². The van der Waals surface area contributed by atoms with Crippen LogP contribution in [0.25, 0.3) is 0 Å². The number of hydrogen-bond donors (Lipinski definition) is 1. The van der Waals surface area contributed by atoms with Crippen molar-refractivity contribution in [2.75, 3.05) is 13.3 Å². The van der Waals surface area contributed by atoms with Gasteiger partial charge >= 0.3 is 6.18 Å². The van der Waals surface area contributed by atoms with Crippen molar-refractivity contribution in [3.63, 3.8) is 0 Å². The molecule has 5 heteroatoms. The van der Waals surface area contributed by atoms with Gasteiger partial charge in [0.05, 0.1) is 18.9 Å². The number of halogens is 3. The van der Waals surface area contributed by atoms with Crippen LogP contribution in [0.3, 0.4) is 0 Å². The predicted octanol–water partition coefficient (Wildman–Crippen LogP) is 5.35. The number of alkyl halides is 3. The standard InChI is InChI=1S/C24H27F3N2/c1-15-2-4-17-10-16(3-6-19(15)17)11-18-5-7-21-20(18)8-9-23(24(25,26)27)22(21)12-29-13-28-14-29/h3,6,8-10,15,18,28H,2,4-5,7,11-14H2,1H3. The zero-order valence-electron chi connectivity index (χ0n) is 16.8. The van der Waals surface area contributed by atoms with Gasteiger partial charge in [-0.1, -0.05) is 31.2 Å². The molecule has 3 aliphatic rings. The summed E-state index contributed by atoms with van der Waals surface area (Å²) in [6.45, 7) is 4.00. The van der Waals surface area contributed by atoms with Gasteiger partial charge in [0, 0.05) is 6.54 Å². The van der Waals surface area contributed by atoms with E-state index in [4.69, 9.17) is 0 Å². The maximum Gasteiger partial charge on any atom is 0.416 e. The summed E-state index contributed by atoms with van der Waals surface area (Å²) in [7, 11) is 0. The fourth-order valence-corrected chi connectivity index (χ4v) is 5.42. The highest BCUT2D eigenvalue weighted by atomic mass is 19.4. The van der Waals surface area contributed by atoms with E-state index in [0.29, 0.717) is 37.3 Å². The lowest BCUT2D eigenvalue weighted by Crippen LogP contribution is -2.51. The van der Waals surface area contributed by atoms with E-state index in [1.807, 2.05) is 4.90 Å². The highest BCUT2D eigenvalue weighted by Crippen LogP contribution is 2.43. The second kappa shape index (κ2) is 7.13. The first-order chi connectivity index (χ1) is 13.9. The molecule has 0 saturated carbocycles. The van der Waals surface area contributed by atoms with Crippen LogP contribution in [0.4, 0.5) is 13.2 Å². The van der Waals surface area contributed by atoms with Crippen LogP contribution in [0, 0.1) is 0 Å². The molecule has 1 aliphatic heterocycles. The normalized spacial score (nSPS) is 23.7. The summed E-state index contributed by atoms with van der Waals surface area (Å²) in [4.78, 5) is 2.03. The van der Waals surface area contributed by atoms with Crippen molar-refractivity contribution in [3.8, 4) is 0 Å². The van der Waals surface area contributed by atoms with Crippen molar-refractivity contribution < 1.29 is 13.2 Å². The Balaban J connectivity index is 1.44. The third-order valence-electron chi connectivity index (χ3n) is 7.08. The Kier molecular flexibility index (Phi) is 4.71. The average molecular weight is 400 g/mol. The molecule has 1 heterocycles. The van der Waals surface area contributed by atoms with Crippen molar-refractivity contribution in [1.82, 2.24) is 10.2 Å². The van der Waals surface area contributed by atoms with Gasteiger partial charge in [-0.05, 0) is 83.4 Å². The second-order valence-corrected chi connectivity index (χ2v) is 8.96. The Hall–Kier alpha value is -1.85. The summed E-state index contributed by atoms with van der Waals surface area (Å²) in [5.74, 6) is 0.961. The Morgan fingerprint density at radius 3 is 2.55 bits per heavy atom. The molecule has 0 amide bonds. The van der Waals surface area contributed by atoms with Gasteiger partial charge in [-0.2, -0.15) is 13.2 Å². The minimum absolute atomic E-state index is 0.317. The minimum Gasteiger partial charge on any atom is -0.291 e. The number of hydrogen-bond acceptors (Lipinski definition) is 2. The summed E-state index contributed by atoms with van der Waals surface area (Å²) in [5.41, 5.74) is 6.40. The highest BCUT2D eigenvalue weighted by molar-refractivity contribution is 5.48. The van der Waals surface area contributed by atoms with Crippen molar-refractivity contribution in [1.29, 1.82) is 0 Å². The Morgan fingerprint density at radius 1 is 1.03 bits per heavy atom. The molecular formula is C24H27F3N2. The fraction of sp³-hybridized carbons (Fsp3) is 0.500. The quantitative estimate of drug-likeness (QED) is 0.745. The van der Waals surface area contributed by atoms with Crippen LogP contribution in [0.2, 0.25) is 0 Å². The molecule has 2 aromatic carbocycles. The summed E-state index contributed by atoms with van der Waals surface area (Å²) < 4.78 is 41.0. The van der Waals surface area contributed by atoms with Crippen molar-refractivity contribution >= 4 is 0 Å². The molecule has 2 aromatic rings. The molecule has 154 valence electrons. The van der Waals surface area contributed by atoms with E-state index in [-0.39, 0.29) is 0 Å². The van der Waals surface area contributed by atoms with Crippen molar-refractivity contribution in [2.24, 2.45) is 0 Å². The predicted molar refractivity (Wildman–Crippen MR) is 108 cm³/mol. The Morgan fingerprint density at radius 2 is 1.83 bits per heavy atom. The van der Waals surface area contributed by atoms with E-state index in [0.717, 1.165) is 36.8 Å². The number of fused-ring (bicyclic) bond motifs is 2. The smallest absolute Gasteiger partial charge is 0.291 e. The molecule has 0 radical (unpaired) electrons. The van der Waals surface area contributed by atoms with Crippen LogP contribution in [-0.2, 0) is 32.0 Å². The monoisotopic (exact) mass is 400 g/mol. The molecule has 5 rings (SSSR count). The van der Waals surface area contributed by atoms with E-state index in [1.54, 1.807) is 6.07 Å². The lowest BCUT2D eigenvalue weighted by molar-refractivity contribution is -0.138. The van der Waals surface area contributed by atoms with Gasteiger partial charge in [0.15, 0.2) is 0 Å². The van der Waals surface area contributed by atoms with Gasteiger partial charge in [-0.15, -0.1) is 0 Å².